The van der Waals surface area contributed by atoms with E-state index < -0.39 is 11.6 Å². The Morgan fingerprint density at radius 3 is 2.70 bits per heavy atom. The summed E-state index contributed by atoms with van der Waals surface area (Å²) in [6, 6.07) is 3.20. The van der Waals surface area contributed by atoms with E-state index in [9.17, 15) is 18.8 Å². The molecular formula is C20H23F2N5O2S. The average Bonchev–Trinajstić information content (AvgIpc) is 3.19. The maximum atomic E-state index is 14.1. The quantitative estimate of drug-likeness (QED) is 0.260. The number of fused-ring (bicyclic) bond motifs is 1. The summed E-state index contributed by atoms with van der Waals surface area (Å²) < 4.78 is 29.0. The molecule has 0 atom stereocenters. The molecule has 0 aliphatic carbocycles. The van der Waals surface area contributed by atoms with Gasteiger partial charge in [-0.05, 0) is 25.5 Å². The second kappa shape index (κ2) is 8.73. The molecule has 3 heterocycles. The van der Waals surface area contributed by atoms with Crippen LogP contribution in [-0.2, 0) is 13.0 Å². The van der Waals surface area contributed by atoms with Crippen LogP contribution in [0.2, 0.25) is 0 Å². The van der Waals surface area contributed by atoms with Crippen molar-refractivity contribution in [1.29, 1.82) is 0 Å². The van der Waals surface area contributed by atoms with Crippen LogP contribution in [0.3, 0.4) is 0 Å². The third-order valence-electron chi connectivity index (χ3n) is 5.60. The predicted molar refractivity (Wildman–Crippen MR) is 110 cm³/mol. The lowest BCUT2D eigenvalue weighted by molar-refractivity contribution is 0.179. The lowest BCUT2D eigenvalue weighted by Gasteiger charge is -2.36. The van der Waals surface area contributed by atoms with E-state index in [1.165, 1.54) is 6.07 Å². The highest BCUT2D eigenvalue weighted by Crippen LogP contribution is 2.22. The molecule has 1 aromatic heterocycles. The Kier molecular flexibility index (Phi) is 6.05. The van der Waals surface area contributed by atoms with Crippen molar-refractivity contribution in [2.24, 2.45) is 5.16 Å². The van der Waals surface area contributed by atoms with Gasteiger partial charge in [-0.2, -0.15) is 0 Å². The van der Waals surface area contributed by atoms with Crippen molar-refractivity contribution in [3.8, 4) is 0 Å². The van der Waals surface area contributed by atoms with Gasteiger partial charge in [-0.25, -0.2) is 13.8 Å². The van der Waals surface area contributed by atoms with Gasteiger partial charge in [0, 0.05) is 62.3 Å². The Hall–Kier alpha value is -2.46. The third-order valence-corrected chi connectivity index (χ3v) is 6.55. The number of hydrogen-bond acceptors (Lipinski definition) is 6. The maximum Gasteiger partial charge on any atom is 0.257 e. The number of benzene rings is 1. The number of rotatable bonds is 4. The molecule has 30 heavy (non-hydrogen) atoms. The zero-order valence-corrected chi connectivity index (χ0v) is 17.5. The molecule has 1 saturated heterocycles. The first-order valence-electron chi connectivity index (χ1n) is 9.86. The Morgan fingerprint density at radius 2 is 2.00 bits per heavy atom. The molecule has 1 aromatic carbocycles. The first kappa shape index (κ1) is 20.8. The predicted octanol–water partition coefficient (Wildman–Crippen LogP) is 1.93. The summed E-state index contributed by atoms with van der Waals surface area (Å²) in [7, 11) is 0. The minimum Gasteiger partial charge on any atom is -0.409 e. The van der Waals surface area contributed by atoms with E-state index in [1.54, 1.807) is 21.2 Å². The molecule has 2 aromatic rings. The fourth-order valence-electron chi connectivity index (χ4n) is 3.91. The van der Waals surface area contributed by atoms with Crippen LogP contribution in [0.4, 0.5) is 8.78 Å². The van der Waals surface area contributed by atoms with E-state index in [0.717, 1.165) is 34.3 Å². The van der Waals surface area contributed by atoms with Gasteiger partial charge in [-0.1, -0.05) is 16.9 Å². The molecule has 4 rings (SSSR count). The van der Waals surface area contributed by atoms with Gasteiger partial charge < -0.3 is 10.1 Å². The summed E-state index contributed by atoms with van der Waals surface area (Å²) in [5.41, 5.74) is 1.68. The van der Waals surface area contributed by atoms with Crippen LogP contribution in [0.15, 0.2) is 33.3 Å². The summed E-state index contributed by atoms with van der Waals surface area (Å²) in [4.78, 5) is 21.3. The molecule has 1 fully saturated rings. The number of nitrogens with zero attached hydrogens (tertiary/aromatic N) is 5. The Balaban J connectivity index is 1.38. The maximum absolute atomic E-state index is 14.1. The Morgan fingerprint density at radius 1 is 1.23 bits per heavy atom. The summed E-state index contributed by atoms with van der Waals surface area (Å²) in [6.07, 6.45) is 0.621. The van der Waals surface area contributed by atoms with Crippen molar-refractivity contribution < 1.29 is 14.0 Å². The SMILES string of the molecule is Cc1nc2n(c(=O)c1CCN1CCN(/C(=N\O)c3ccc(F)cc3F)CC1)CCS2. The topological polar surface area (TPSA) is 74.0 Å². The summed E-state index contributed by atoms with van der Waals surface area (Å²) in [5.74, 6) is -0.453. The molecule has 7 nitrogen and oxygen atoms in total. The Bertz CT molecular complexity index is 1030. The normalized spacial score (nSPS) is 17.4. The van der Waals surface area contributed by atoms with Crippen LogP contribution in [0.25, 0.3) is 0 Å². The number of aryl methyl sites for hydroxylation is 1. The van der Waals surface area contributed by atoms with Crippen LogP contribution >= 0.6 is 11.8 Å². The van der Waals surface area contributed by atoms with Gasteiger partial charge in [0.25, 0.3) is 5.56 Å². The highest BCUT2D eigenvalue weighted by atomic mass is 32.2. The summed E-state index contributed by atoms with van der Waals surface area (Å²) in [5, 5.41) is 13.5. The highest BCUT2D eigenvalue weighted by molar-refractivity contribution is 7.99. The highest BCUT2D eigenvalue weighted by Gasteiger charge is 2.24. The number of thioether (sulfide) groups is 1. The zero-order chi connectivity index (χ0) is 21.3. The molecule has 2 aliphatic heterocycles. The number of oxime groups is 1. The monoisotopic (exact) mass is 435 g/mol. The van der Waals surface area contributed by atoms with E-state index in [0.29, 0.717) is 45.7 Å². The Labute approximate surface area is 177 Å². The van der Waals surface area contributed by atoms with Gasteiger partial charge in [0.05, 0.1) is 5.56 Å². The van der Waals surface area contributed by atoms with Crippen LogP contribution in [0.5, 0.6) is 0 Å². The molecule has 10 heteroatoms. The van der Waals surface area contributed by atoms with Gasteiger partial charge >= 0.3 is 0 Å². The number of amidine groups is 1. The van der Waals surface area contributed by atoms with Gasteiger partial charge in [-0.3, -0.25) is 14.3 Å². The number of halogens is 2. The van der Waals surface area contributed by atoms with Crippen molar-refractivity contribution in [3.05, 3.63) is 57.0 Å². The molecule has 0 saturated carbocycles. The third kappa shape index (κ3) is 4.06. The average molecular weight is 436 g/mol. The van der Waals surface area contributed by atoms with Gasteiger partial charge in [0.1, 0.15) is 11.6 Å². The van der Waals surface area contributed by atoms with Gasteiger partial charge in [-0.15, -0.1) is 0 Å². The smallest absolute Gasteiger partial charge is 0.257 e. The molecule has 1 N–H and O–H groups in total. The summed E-state index contributed by atoms with van der Waals surface area (Å²) >= 11 is 1.61. The first-order valence-corrected chi connectivity index (χ1v) is 10.8. The van der Waals surface area contributed by atoms with Crippen LogP contribution in [0, 0.1) is 18.6 Å². The fraction of sp³-hybridized carbons (Fsp3) is 0.450. The lowest BCUT2D eigenvalue weighted by atomic mass is 10.1. The van der Waals surface area contributed by atoms with E-state index in [1.807, 2.05) is 6.92 Å². The zero-order valence-electron chi connectivity index (χ0n) is 16.6. The number of aromatic nitrogens is 2. The minimum atomic E-state index is -0.761. The molecule has 2 aliphatic rings. The van der Waals surface area contributed by atoms with Gasteiger partial charge in [0.15, 0.2) is 11.0 Å². The van der Waals surface area contributed by atoms with E-state index >= 15 is 0 Å². The molecular weight excluding hydrogens is 412 g/mol. The molecule has 0 bridgehead atoms. The van der Waals surface area contributed by atoms with Gasteiger partial charge in [0.2, 0.25) is 0 Å². The molecule has 160 valence electrons. The molecule has 0 spiro atoms. The van der Waals surface area contributed by atoms with Crippen molar-refractivity contribution >= 4 is 17.6 Å². The standard InChI is InChI=1S/C20H23F2N5O2S/c1-13-15(19(28)27-10-11-30-20(27)23-13)4-5-25-6-8-26(9-7-25)18(24-29)16-3-2-14(21)12-17(16)22/h2-3,12,29H,4-11H2,1H3/b24-18-. The summed E-state index contributed by atoms with van der Waals surface area (Å²) in [6.45, 7) is 5.73. The largest absolute Gasteiger partial charge is 0.409 e. The second-order valence-electron chi connectivity index (χ2n) is 7.39. The molecule has 0 amide bonds. The van der Waals surface area contributed by atoms with Crippen molar-refractivity contribution in [2.75, 3.05) is 38.5 Å². The van der Waals surface area contributed by atoms with E-state index in [2.05, 4.69) is 15.0 Å². The first-order chi connectivity index (χ1) is 14.5. The van der Waals surface area contributed by atoms with Crippen LogP contribution in [-0.4, -0.2) is 68.9 Å². The van der Waals surface area contributed by atoms with Crippen molar-refractivity contribution in [1.82, 2.24) is 19.4 Å². The molecule has 0 radical (unpaired) electrons. The molecule has 0 unspecified atom stereocenters. The van der Waals surface area contributed by atoms with Crippen molar-refractivity contribution in [3.63, 3.8) is 0 Å². The number of hydrogen-bond donors (Lipinski definition) is 1. The lowest BCUT2D eigenvalue weighted by Crippen LogP contribution is -2.49. The van der Waals surface area contributed by atoms with Crippen LogP contribution < -0.4 is 5.56 Å². The fourth-order valence-corrected chi connectivity index (χ4v) is 4.90. The van der Waals surface area contributed by atoms with Crippen LogP contribution in [0.1, 0.15) is 16.8 Å². The second-order valence-corrected chi connectivity index (χ2v) is 8.45. The minimum absolute atomic E-state index is 0.0580. The van der Waals surface area contributed by atoms with E-state index in [4.69, 9.17) is 0 Å². The van der Waals surface area contributed by atoms with E-state index in [-0.39, 0.29) is 17.0 Å². The van der Waals surface area contributed by atoms with Crippen molar-refractivity contribution in [2.45, 2.75) is 25.0 Å². The number of piperazine rings is 1.